The summed E-state index contributed by atoms with van der Waals surface area (Å²) in [5.41, 5.74) is 0.221. The number of rotatable bonds is 1. The molecule has 0 unspecified atom stereocenters. The average Bonchev–Trinajstić information content (AvgIpc) is 1.71. The Kier molecular flexibility index (Phi) is 7.07. The summed E-state index contributed by atoms with van der Waals surface area (Å²) in [6, 6.07) is 0. The van der Waals surface area contributed by atoms with E-state index < -0.39 is 14.3 Å². The summed E-state index contributed by atoms with van der Waals surface area (Å²) in [6.07, 6.45) is 0.847. The van der Waals surface area contributed by atoms with Crippen LogP contribution in [-0.2, 0) is 9.13 Å². The fourth-order valence-corrected chi connectivity index (χ4v) is 3.43. The third-order valence-corrected chi connectivity index (χ3v) is 7.41. The molecular weight excluding hydrogens is 250 g/mol. The first-order chi connectivity index (χ1) is 6.96. The quantitative estimate of drug-likeness (QED) is 0.630. The molecule has 0 amide bonds. The van der Waals surface area contributed by atoms with E-state index in [1.165, 1.54) is 0 Å². The largest absolute Gasteiger partial charge is 0.324 e. The molecule has 0 aliphatic rings. The van der Waals surface area contributed by atoms with Crippen LogP contribution >= 0.6 is 14.3 Å². The molecule has 0 aromatic carbocycles. The molecule has 0 aromatic heterocycles. The topological polar surface area (TPSA) is 34.1 Å². The minimum atomic E-state index is -1.85. The van der Waals surface area contributed by atoms with E-state index >= 15 is 0 Å². The Balaban J connectivity index is 0. The predicted octanol–water partition coefficient (Wildman–Crippen LogP) is 5.06. The maximum Gasteiger partial charge on any atom is 0.0869 e. The molecule has 0 aliphatic carbocycles. The molecule has 0 saturated heterocycles. The van der Waals surface area contributed by atoms with Crippen molar-refractivity contribution in [1.29, 1.82) is 0 Å². The summed E-state index contributed by atoms with van der Waals surface area (Å²) in [7, 11) is -3.64. The summed E-state index contributed by atoms with van der Waals surface area (Å²) < 4.78 is 22.5. The van der Waals surface area contributed by atoms with Crippen molar-refractivity contribution in [2.75, 3.05) is 32.8 Å². The molecule has 0 bridgehead atoms. The van der Waals surface area contributed by atoms with Gasteiger partial charge in [-0.15, -0.1) is 0 Å². The first-order valence-corrected chi connectivity index (χ1v) is 11.4. The summed E-state index contributed by atoms with van der Waals surface area (Å²) in [5, 5.41) is -0.00694. The highest BCUT2D eigenvalue weighted by Crippen LogP contribution is 2.50. The Morgan fingerprint density at radius 2 is 1.00 bits per heavy atom. The van der Waals surface area contributed by atoms with Crippen LogP contribution in [0.15, 0.2) is 0 Å². The molecule has 0 aromatic rings. The standard InChI is InChI=1S/C7H17OP.C6H15OP/c1-7(2,3)6-9(4,5)8;1-6(2,3)8(4,5)7/h6H2,1-5H3;1-5H3. The lowest BCUT2D eigenvalue weighted by Gasteiger charge is -2.23. The second-order valence-electron chi connectivity index (χ2n) is 7.81. The molecule has 0 heterocycles. The third kappa shape index (κ3) is 14.4. The molecule has 0 radical (unpaired) electrons. The smallest absolute Gasteiger partial charge is 0.0869 e. The normalized spacial score (nSPS) is 14.0. The molecule has 0 N–H and O–H groups in total. The Morgan fingerprint density at radius 1 is 0.765 bits per heavy atom. The Hall–Kier alpha value is 0.460. The van der Waals surface area contributed by atoms with Gasteiger partial charge in [-0.3, -0.25) is 0 Å². The maximum atomic E-state index is 11.2. The zero-order valence-corrected chi connectivity index (χ0v) is 15.2. The highest BCUT2D eigenvalue weighted by atomic mass is 31.2. The summed E-state index contributed by atoms with van der Waals surface area (Å²) in [6.45, 7) is 19.7. The lowest BCUT2D eigenvalue weighted by Crippen LogP contribution is -2.12. The molecule has 0 spiro atoms. The molecule has 0 rings (SSSR count). The van der Waals surface area contributed by atoms with Crippen LogP contribution in [0.5, 0.6) is 0 Å². The molecule has 4 heteroatoms. The lowest BCUT2D eigenvalue weighted by atomic mass is 10.0. The average molecular weight is 282 g/mol. The van der Waals surface area contributed by atoms with Crippen LogP contribution in [0, 0.1) is 5.41 Å². The van der Waals surface area contributed by atoms with E-state index in [1.54, 1.807) is 0 Å². The van der Waals surface area contributed by atoms with E-state index in [0.29, 0.717) is 0 Å². The van der Waals surface area contributed by atoms with Gasteiger partial charge in [0.25, 0.3) is 0 Å². The van der Waals surface area contributed by atoms with E-state index in [9.17, 15) is 9.13 Å². The van der Waals surface area contributed by atoms with Crippen LogP contribution in [0.1, 0.15) is 41.5 Å². The van der Waals surface area contributed by atoms with Gasteiger partial charge in [-0.25, -0.2) is 0 Å². The third-order valence-electron chi connectivity index (χ3n) is 2.47. The second kappa shape index (κ2) is 6.07. The monoisotopic (exact) mass is 282 g/mol. The first-order valence-electron chi connectivity index (χ1n) is 6.05. The molecule has 0 atom stereocenters. The SMILES string of the molecule is CC(C)(C)CP(C)(C)=O.CC(C)(C)P(C)(C)=O. The van der Waals surface area contributed by atoms with Crippen molar-refractivity contribution in [2.24, 2.45) is 5.41 Å². The van der Waals surface area contributed by atoms with E-state index in [-0.39, 0.29) is 10.6 Å². The summed E-state index contributed by atoms with van der Waals surface area (Å²) >= 11 is 0. The number of hydrogen-bond acceptors (Lipinski definition) is 2. The summed E-state index contributed by atoms with van der Waals surface area (Å²) in [5.74, 6) is 0. The zero-order chi connectivity index (χ0) is 14.7. The highest BCUT2D eigenvalue weighted by Gasteiger charge is 2.25. The highest BCUT2D eigenvalue weighted by molar-refractivity contribution is 7.63. The van der Waals surface area contributed by atoms with Gasteiger partial charge < -0.3 is 9.13 Å². The molecule has 106 valence electrons. The van der Waals surface area contributed by atoms with Crippen LogP contribution in [-0.4, -0.2) is 38.0 Å². The van der Waals surface area contributed by atoms with E-state index in [0.717, 1.165) is 6.16 Å². The van der Waals surface area contributed by atoms with Crippen LogP contribution in [0.2, 0.25) is 0 Å². The zero-order valence-electron chi connectivity index (χ0n) is 13.4. The van der Waals surface area contributed by atoms with Crippen molar-refractivity contribution in [3.63, 3.8) is 0 Å². The molecule has 17 heavy (non-hydrogen) atoms. The van der Waals surface area contributed by atoms with Gasteiger partial charge in [0.1, 0.15) is 0 Å². The van der Waals surface area contributed by atoms with Crippen LogP contribution in [0.4, 0.5) is 0 Å². The van der Waals surface area contributed by atoms with Crippen LogP contribution < -0.4 is 0 Å². The van der Waals surface area contributed by atoms with Crippen molar-refractivity contribution < 1.29 is 9.13 Å². The first kappa shape index (κ1) is 19.8. The molecule has 0 saturated carbocycles. The Bertz CT molecular complexity index is 307. The van der Waals surface area contributed by atoms with Gasteiger partial charge in [0, 0.05) is 11.3 Å². The van der Waals surface area contributed by atoms with Crippen LogP contribution in [0.3, 0.4) is 0 Å². The minimum Gasteiger partial charge on any atom is -0.324 e. The Morgan fingerprint density at radius 3 is 1.00 bits per heavy atom. The van der Waals surface area contributed by atoms with Gasteiger partial charge in [-0.05, 0) is 32.1 Å². The van der Waals surface area contributed by atoms with Crippen molar-refractivity contribution in [3.05, 3.63) is 0 Å². The van der Waals surface area contributed by atoms with Gasteiger partial charge >= 0.3 is 0 Å². The molecule has 2 nitrogen and oxygen atoms in total. The van der Waals surface area contributed by atoms with Crippen molar-refractivity contribution in [3.8, 4) is 0 Å². The van der Waals surface area contributed by atoms with Crippen molar-refractivity contribution in [1.82, 2.24) is 0 Å². The van der Waals surface area contributed by atoms with Gasteiger partial charge in [-0.1, -0.05) is 41.5 Å². The Labute approximate surface area is 109 Å². The molecule has 0 aliphatic heterocycles. The number of hydrogen-bond donors (Lipinski definition) is 0. The fourth-order valence-electron chi connectivity index (χ4n) is 1.14. The molecular formula is C13H32O2P2. The van der Waals surface area contributed by atoms with E-state index in [4.69, 9.17) is 0 Å². The van der Waals surface area contributed by atoms with Gasteiger partial charge in [0.05, 0.1) is 14.3 Å². The van der Waals surface area contributed by atoms with Gasteiger partial charge in [0.2, 0.25) is 0 Å². The van der Waals surface area contributed by atoms with E-state index in [2.05, 4.69) is 20.8 Å². The lowest BCUT2D eigenvalue weighted by molar-refractivity contribution is 0.464. The maximum absolute atomic E-state index is 11.2. The van der Waals surface area contributed by atoms with E-state index in [1.807, 2.05) is 47.4 Å². The van der Waals surface area contributed by atoms with Crippen molar-refractivity contribution >= 4 is 14.3 Å². The van der Waals surface area contributed by atoms with Crippen LogP contribution in [0.25, 0.3) is 0 Å². The predicted molar refractivity (Wildman–Crippen MR) is 83.0 cm³/mol. The van der Waals surface area contributed by atoms with Gasteiger partial charge in [0.15, 0.2) is 0 Å². The van der Waals surface area contributed by atoms with Gasteiger partial charge in [-0.2, -0.15) is 0 Å². The fraction of sp³-hybridized carbons (Fsp3) is 1.00. The molecule has 0 fully saturated rings. The minimum absolute atomic E-state index is 0.00694. The summed E-state index contributed by atoms with van der Waals surface area (Å²) in [4.78, 5) is 0. The second-order valence-corrected chi connectivity index (χ2v) is 15.3. The van der Waals surface area contributed by atoms with Crippen molar-refractivity contribution in [2.45, 2.75) is 46.7 Å².